The molecule has 0 saturated carbocycles. The first-order chi connectivity index (χ1) is 7.27. The summed E-state index contributed by atoms with van der Waals surface area (Å²) in [5.74, 6) is -0.792. The van der Waals surface area contributed by atoms with Gasteiger partial charge in [-0.05, 0) is 0 Å². The van der Waals surface area contributed by atoms with Crippen LogP contribution in [0.25, 0.3) is 0 Å². The smallest absolute Gasteiger partial charge is 0.325 e. The van der Waals surface area contributed by atoms with Gasteiger partial charge in [0.25, 0.3) is 0 Å². The van der Waals surface area contributed by atoms with Crippen molar-refractivity contribution in [2.45, 2.75) is 33.6 Å². The molecule has 0 unspecified atom stereocenters. The van der Waals surface area contributed by atoms with Crippen LogP contribution < -0.4 is 5.32 Å². The van der Waals surface area contributed by atoms with E-state index in [1.165, 1.54) is 7.11 Å². The van der Waals surface area contributed by atoms with Crippen LogP contribution in [0.4, 0.5) is 0 Å². The maximum absolute atomic E-state index is 11.5. The SMILES string of the molecule is COC(=O)CNC(=O)CCC(=O)C(C)(C)C. The van der Waals surface area contributed by atoms with Gasteiger partial charge in [0.15, 0.2) is 0 Å². The summed E-state index contributed by atoms with van der Waals surface area (Å²) in [5.41, 5.74) is -0.428. The van der Waals surface area contributed by atoms with Crippen molar-refractivity contribution in [3.63, 3.8) is 0 Å². The zero-order valence-corrected chi connectivity index (χ0v) is 10.3. The lowest BCUT2D eigenvalue weighted by molar-refractivity contribution is -0.141. The third kappa shape index (κ3) is 6.16. The molecule has 0 radical (unpaired) electrons. The van der Waals surface area contributed by atoms with Gasteiger partial charge in [0.1, 0.15) is 12.3 Å². The van der Waals surface area contributed by atoms with Crippen LogP contribution in [0.15, 0.2) is 0 Å². The van der Waals surface area contributed by atoms with Crippen LogP contribution in [0.1, 0.15) is 33.6 Å². The van der Waals surface area contributed by atoms with E-state index >= 15 is 0 Å². The molecule has 0 aromatic carbocycles. The molecule has 1 N–H and O–H groups in total. The van der Waals surface area contributed by atoms with Gasteiger partial charge in [-0.1, -0.05) is 20.8 Å². The maximum atomic E-state index is 11.5. The number of amides is 1. The number of esters is 1. The number of rotatable bonds is 5. The van der Waals surface area contributed by atoms with Crippen LogP contribution in [-0.2, 0) is 19.1 Å². The molecule has 0 atom stereocenters. The second-order valence-corrected chi connectivity index (χ2v) is 4.53. The standard InChI is InChI=1S/C11H19NO4/c1-11(2,3)8(13)5-6-9(14)12-7-10(15)16-4/h5-7H2,1-4H3,(H,12,14). The monoisotopic (exact) mass is 229 g/mol. The summed E-state index contributed by atoms with van der Waals surface area (Å²) in [5, 5.41) is 2.37. The molecule has 0 heterocycles. The third-order valence-corrected chi connectivity index (χ3v) is 2.07. The Balaban J connectivity index is 3.83. The number of carbonyl (C=O) groups excluding carboxylic acids is 3. The summed E-state index contributed by atoms with van der Waals surface area (Å²) in [7, 11) is 1.25. The van der Waals surface area contributed by atoms with Crippen molar-refractivity contribution < 1.29 is 19.1 Å². The summed E-state index contributed by atoms with van der Waals surface area (Å²) >= 11 is 0. The highest BCUT2D eigenvalue weighted by molar-refractivity contribution is 5.89. The van der Waals surface area contributed by atoms with E-state index in [0.717, 1.165) is 0 Å². The Hall–Kier alpha value is -1.39. The Labute approximate surface area is 95.5 Å². The molecule has 1 amide bonds. The van der Waals surface area contributed by atoms with E-state index in [1.807, 2.05) is 20.8 Å². The third-order valence-electron chi connectivity index (χ3n) is 2.07. The molecule has 5 nitrogen and oxygen atoms in total. The topological polar surface area (TPSA) is 72.5 Å². The highest BCUT2D eigenvalue weighted by atomic mass is 16.5. The number of hydrogen-bond donors (Lipinski definition) is 1. The van der Waals surface area contributed by atoms with Gasteiger partial charge < -0.3 is 10.1 Å². The van der Waals surface area contributed by atoms with Gasteiger partial charge in [0.2, 0.25) is 5.91 Å². The van der Waals surface area contributed by atoms with Crippen molar-refractivity contribution in [1.29, 1.82) is 0 Å². The van der Waals surface area contributed by atoms with Crippen molar-refractivity contribution >= 4 is 17.7 Å². The van der Waals surface area contributed by atoms with Crippen molar-refractivity contribution in [1.82, 2.24) is 5.32 Å². The molecule has 0 aromatic heterocycles. The molecule has 5 heteroatoms. The molecular formula is C11H19NO4. The second-order valence-electron chi connectivity index (χ2n) is 4.53. The van der Waals surface area contributed by atoms with E-state index in [4.69, 9.17) is 0 Å². The molecule has 0 bridgehead atoms. The highest BCUT2D eigenvalue weighted by Crippen LogP contribution is 2.17. The Bertz CT molecular complexity index is 278. The Morgan fingerprint density at radius 2 is 1.69 bits per heavy atom. The number of methoxy groups -OCH3 is 1. The first kappa shape index (κ1) is 14.6. The van der Waals surface area contributed by atoms with Crippen molar-refractivity contribution in [3.05, 3.63) is 0 Å². The number of carbonyl (C=O) groups is 3. The lowest BCUT2D eigenvalue weighted by atomic mass is 9.88. The molecule has 0 aromatic rings. The number of ketones is 1. The van der Waals surface area contributed by atoms with Gasteiger partial charge in [0, 0.05) is 18.3 Å². The van der Waals surface area contributed by atoms with Gasteiger partial charge in [-0.3, -0.25) is 14.4 Å². The number of ether oxygens (including phenoxy) is 1. The summed E-state index contributed by atoms with van der Waals surface area (Å²) in [6.45, 7) is 5.27. The minimum atomic E-state index is -0.504. The van der Waals surface area contributed by atoms with Gasteiger partial charge in [-0.15, -0.1) is 0 Å². The molecular weight excluding hydrogens is 210 g/mol. The largest absolute Gasteiger partial charge is 0.468 e. The molecule has 0 aliphatic rings. The number of nitrogens with one attached hydrogen (secondary N) is 1. The van der Waals surface area contributed by atoms with Crippen LogP contribution in [0.5, 0.6) is 0 Å². The normalized spacial score (nSPS) is 10.8. The van der Waals surface area contributed by atoms with Gasteiger partial charge in [-0.25, -0.2) is 0 Å². The summed E-state index contributed by atoms with van der Waals surface area (Å²) in [6, 6.07) is 0. The lowest BCUT2D eigenvalue weighted by Crippen LogP contribution is -2.31. The zero-order valence-electron chi connectivity index (χ0n) is 10.3. The predicted octanol–water partition coefficient (Wildman–Crippen LogP) is 0.671. The Morgan fingerprint density at radius 1 is 1.12 bits per heavy atom. The lowest BCUT2D eigenvalue weighted by Gasteiger charge is -2.15. The number of Topliss-reactive ketones (excluding diaryl/α,β-unsaturated/α-hetero) is 1. The minimum Gasteiger partial charge on any atom is -0.468 e. The summed E-state index contributed by atoms with van der Waals surface area (Å²) in [4.78, 5) is 33.4. The fourth-order valence-electron chi connectivity index (χ4n) is 0.933. The van der Waals surface area contributed by atoms with Crippen LogP contribution >= 0.6 is 0 Å². The van der Waals surface area contributed by atoms with Crippen LogP contribution in [0.2, 0.25) is 0 Å². The van der Waals surface area contributed by atoms with E-state index < -0.39 is 11.4 Å². The molecule has 92 valence electrons. The van der Waals surface area contributed by atoms with Gasteiger partial charge >= 0.3 is 5.97 Å². The van der Waals surface area contributed by atoms with E-state index in [0.29, 0.717) is 0 Å². The quantitative estimate of drug-likeness (QED) is 0.703. The van der Waals surface area contributed by atoms with Crippen LogP contribution in [0, 0.1) is 5.41 Å². The van der Waals surface area contributed by atoms with Gasteiger partial charge in [-0.2, -0.15) is 0 Å². The fraction of sp³-hybridized carbons (Fsp3) is 0.727. The van der Waals surface area contributed by atoms with E-state index in [1.54, 1.807) is 0 Å². The second kappa shape index (κ2) is 6.25. The highest BCUT2D eigenvalue weighted by Gasteiger charge is 2.21. The minimum absolute atomic E-state index is 0.0284. The fourth-order valence-corrected chi connectivity index (χ4v) is 0.933. The Kier molecular flexibility index (Phi) is 5.71. The molecule has 16 heavy (non-hydrogen) atoms. The number of hydrogen-bond acceptors (Lipinski definition) is 4. The molecule has 0 spiro atoms. The van der Waals surface area contributed by atoms with Crippen molar-refractivity contribution in [2.24, 2.45) is 5.41 Å². The van der Waals surface area contributed by atoms with E-state index in [2.05, 4.69) is 10.1 Å². The first-order valence-corrected chi connectivity index (χ1v) is 5.14. The van der Waals surface area contributed by atoms with E-state index in [9.17, 15) is 14.4 Å². The Morgan fingerprint density at radius 3 is 2.12 bits per heavy atom. The van der Waals surface area contributed by atoms with Gasteiger partial charge in [0.05, 0.1) is 7.11 Å². The zero-order chi connectivity index (χ0) is 12.8. The molecule has 0 aliphatic heterocycles. The first-order valence-electron chi connectivity index (χ1n) is 5.14. The molecule has 0 saturated heterocycles. The van der Waals surface area contributed by atoms with Crippen LogP contribution in [0.3, 0.4) is 0 Å². The average molecular weight is 229 g/mol. The summed E-state index contributed by atoms with van der Waals surface area (Å²) < 4.78 is 4.36. The molecule has 0 aliphatic carbocycles. The van der Waals surface area contributed by atoms with Crippen molar-refractivity contribution in [3.8, 4) is 0 Å². The predicted molar refractivity (Wildman–Crippen MR) is 58.7 cm³/mol. The van der Waals surface area contributed by atoms with Crippen molar-refractivity contribution in [2.75, 3.05) is 13.7 Å². The molecule has 0 fully saturated rings. The van der Waals surface area contributed by atoms with E-state index in [-0.39, 0.29) is 31.1 Å². The summed E-state index contributed by atoms with van der Waals surface area (Å²) in [6.07, 6.45) is 0.295. The average Bonchev–Trinajstić information content (AvgIpc) is 2.20. The molecule has 0 rings (SSSR count). The van der Waals surface area contributed by atoms with Crippen LogP contribution in [-0.4, -0.2) is 31.3 Å². The maximum Gasteiger partial charge on any atom is 0.325 e.